The number of benzene rings is 2. The van der Waals surface area contributed by atoms with Gasteiger partial charge in [-0.15, -0.1) is 0 Å². The van der Waals surface area contributed by atoms with Crippen LogP contribution in [-0.2, 0) is 22.6 Å². The Hall–Kier alpha value is -1.85. The predicted octanol–water partition coefficient (Wildman–Crippen LogP) is 4.21. The number of likely N-dealkylation sites (tertiary alicyclic amines) is 1. The number of nitrogens with zero attached hydrogens (tertiary/aromatic N) is 1. The summed E-state index contributed by atoms with van der Waals surface area (Å²) in [5.74, 6) is 0.902. The van der Waals surface area contributed by atoms with E-state index in [1.54, 1.807) is 7.11 Å². The Morgan fingerprint density at radius 3 is 2.58 bits per heavy atom. The number of methoxy groups -OCH3 is 1. The SMILES string of the molecule is COC1CCN(C(=O)Cc2cc(Br)ccc2OCc2ccccc2)CC1. The lowest BCUT2D eigenvalue weighted by Crippen LogP contribution is -2.41. The van der Waals surface area contributed by atoms with Crippen molar-refractivity contribution in [1.29, 1.82) is 0 Å². The van der Waals surface area contributed by atoms with E-state index in [0.717, 1.165) is 47.3 Å². The van der Waals surface area contributed by atoms with Crippen molar-refractivity contribution in [3.05, 3.63) is 64.1 Å². The van der Waals surface area contributed by atoms with Crippen LogP contribution in [-0.4, -0.2) is 37.1 Å². The number of rotatable bonds is 6. The molecule has 2 aromatic carbocycles. The maximum absolute atomic E-state index is 12.7. The molecule has 1 fully saturated rings. The van der Waals surface area contributed by atoms with Gasteiger partial charge >= 0.3 is 0 Å². The average molecular weight is 418 g/mol. The maximum atomic E-state index is 12.7. The summed E-state index contributed by atoms with van der Waals surface area (Å²) in [5, 5.41) is 0. The molecule has 138 valence electrons. The van der Waals surface area contributed by atoms with E-state index < -0.39 is 0 Å². The van der Waals surface area contributed by atoms with E-state index in [4.69, 9.17) is 9.47 Å². The lowest BCUT2D eigenvalue weighted by Gasteiger charge is -2.31. The summed E-state index contributed by atoms with van der Waals surface area (Å²) < 4.78 is 12.3. The van der Waals surface area contributed by atoms with Crippen LogP contribution >= 0.6 is 15.9 Å². The lowest BCUT2D eigenvalue weighted by molar-refractivity contribution is -0.132. The van der Waals surface area contributed by atoms with Crippen LogP contribution in [0.25, 0.3) is 0 Å². The van der Waals surface area contributed by atoms with Gasteiger partial charge in [-0.2, -0.15) is 0 Å². The van der Waals surface area contributed by atoms with Gasteiger partial charge in [-0.3, -0.25) is 4.79 Å². The first-order valence-electron chi connectivity index (χ1n) is 8.91. The molecule has 0 atom stereocenters. The van der Waals surface area contributed by atoms with Gasteiger partial charge in [-0.05, 0) is 36.6 Å². The van der Waals surface area contributed by atoms with Gasteiger partial charge < -0.3 is 14.4 Å². The molecule has 1 aliphatic rings. The fourth-order valence-electron chi connectivity index (χ4n) is 3.18. The van der Waals surface area contributed by atoms with Crippen LogP contribution in [0.4, 0.5) is 0 Å². The smallest absolute Gasteiger partial charge is 0.227 e. The van der Waals surface area contributed by atoms with Crippen molar-refractivity contribution in [2.45, 2.75) is 32.0 Å². The third kappa shape index (κ3) is 5.08. The number of halogens is 1. The molecule has 1 saturated heterocycles. The first-order valence-corrected chi connectivity index (χ1v) is 9.70. The summed E-state index contributed by atoms with van der Waals surface area (Å²) in [6.07, 6.45) is 2.42. The maximum Gasteiger partial charge on any atom is 0.227 e. The minimum absolute atomic E-state index is 0.141. The predicted molar refractivity (Wildman–Crippen MR) is 105 cm³/mol. The van der Waals surface area contributed by atoms with E-state index in [1.807, 2.05) is 53.4 Å². The highest BCUT2D eigenvalue weighted by atomic mass is 79.9. The second-order valence-corrected chi connectivity index (χ2v) is 7.43. The molecule has 0 aliphatic carbocycles. The van der Waals surface area contributed by atoms with Gasteiger partial charge in [0.05, 0.1) is 12.5 Å². The Kier molecular flexibility index (Phi) is 6.69. The third-order valence-electron chi connectivity index (χ3n) is 4.73. The molecule has 1 amide bonds. The zero-order valence-corrected chi connectivity index (χ0v) is 16.6. The molecule has 0 unspecified atom stereocenters. The van der Waals surface area contributed by atoms with Crippen molar-refractivity contribution in [1.82, 2.24) is 4.90 Å². The third-order valence-corrected chi connectivity index (χ3v) is 5.22. The number of hydrogen-bond donors (Lipinski definition) is 0. The monoisotopic (exact) mass is 417 g/mol. The van der Waals surface area contributed by atoms with Crippen molar-refractivity contribution in [2.75, 3.05) is 20.2 Å². The normalized spacial score (nSPS) is 15.1. The number of ether oxygens (including phenoxy) is 2. The molecule has 0 spiro atoms. The standard InChI is InChI=1S/C21H24BrNO3/c1-25-19-9-11-23(12-10-19)21(24)14-17-13-18(22)7-8-20(17)26-15-16-5-3-2-4-6-16/h2-8,13,19H,9-12,14-15H2,1H3. The molecule has 1 aliphatic heterocycles. The Bertz CT molecular complexity index is 727. The van der Waals surface area contributed by atoms with Crippen molar-refractivity contribution in [3.8, 4) is 5.75 Å². The van der Waals surface area contributed by atoms with Crippen molar-refractivity contribution >= 4 is 21.8 Å². The van der Waals surface area contributed by atoms with Crippen LogP contribution < -0.4 is 4.74 Å². The topological polar surface area (TPSA) is 38.8 Å². The van der Waals surface area contributed by atoms with E-state index in [2.05, 4.69) is 15.9 Å². The number of carbonyl (C=O) groups excluding carboxylic acids is 1. The van der Waals surface area contributed by atoms with Gasteiger partial charge in [0.2, 0.25) is 5.91 Å². The summed E-state index contributed by atoms with van der Waals surface area (Å²) in [6, 6.07) is 15.9. The minimum Gasteiger partial charge on any atom is -0.489 e. The van der Waals surface area contributed by atoms with Gasteiger partial charge in [-0.1, -0.05) is 46.3 Å². The van der Waals surface area contributed by atoms with Gasteiger partial charge in [0.1, 0.15) is 12.4 Å². The molecule has 3 rings (SSSR count). The van der Waals surface area contributed by atoms with E-state index in [1.165, 1.54) is 0 Å². The fourth-order valence-corrected chi connectivity index (χ4v) is 3.59. The molecule has 0 radical (unpaired) electrons. The fraction of sp³-hybridized carbons (Fsp3) is 0.381. The number of amides is 1. The van der Waals surface area contributed by atoms with Crippen LogP contribution in [0.15, 0.2) is 53.0 Å². The molecule has 0 saturated carbocycles. The summed E-state index contributed by atoms with van der Waals surface area (Å²) in [5.41, 5.74) is 2.02. The van der Waals surface area contributed by atoms with Gasteiger partial charge in [0, 0.05) is 30.2 Å². The second kappa shape index (κ2) is 9.19. The number of carbonyl (C=O) groups is 1. The highest BCUT2D eigenvalue weighted by molar-refractivity contribution is 9.10. The summed E-state index contributed by atoms with van der Waals surface area (Å²) >= 11 is 3.50. The van der Waals surface area contributed by atoms with Crippen molar-refractivity contribution in [2.24, 2.45) is 0 Å². The zero-order valence-electron chi connectivity index (χ0n) is 15.0. The molecule has 2 aromatic rings. The Labute approximate surface area is 163 Å². The van der Waals surface area contributed by atoms with Gasteiger partial charge in [0.15, 0.2) is 0 Å². The zero-order chi connectivity index (χ0) is 18.4. The number of hydrogen-bond acceptors (Lipinski definition) is 3. The average Bonchev–Trinajstić information content (AvgIpc) is 2.68. The largest absolute Gasteiger partial charge is 0.489 e. The molecule has 0 aromatic heterocycles. The second-order valence-electron chi connectivity index (χ2n) is 6.52. The quantitative estimate of drug-likeness (QED) is 0.706. The summed E-state index contributed by atoms with van der Waals surface area (Å²) in [4.78, 5) is 14.6. The summed E-state index contributed by atoms with van der Waals surface area (Å²) in [7, 11) is 1.74. The highest BCUT2D eigenvalue weighted by Gasteiger charge is 2.23. The van der Waals surface area contributed by atoms with E-state index in [9.17, 15) is 4.79 Å². The first-order chi connectivity index (χ1) is 12.7. The van der Waals surface area contributed by atoms with Crippen molar-refractivity contribution < 1.29 is 14.3 Å². The molecular weight excluding hydrogens is 394 g/mol. The van der Waals surface area contributed by atoms with Crippen LogP contribution in [0.5, 0.6) is 5.75 Å². The van der Waals surface area contributed by atoms with E-state index in [-0.39, 0.29) is 12.0 Å². The Morgan fingerprint density at radius 1 is 1.15 bits per heavy atom. The van der Waals surface area contributed by atoms with Gasteiger partial charge in [-0.25, -0.2) is 0 Å². The Balaban J connectivity index is 1.65. The van der Waals surface area contributed by atoms with Crippen LogP contribution in [0.2, 0.25) is 0 Å². The van der Waals surface area contributed by atoms with E-state index in [0.29, 0.717) is 13.0 Å². The lowest BCUT2D eigenvalue weighted by atomic mass is 10.1. The van der Waals surface area contributed by atoms with Crippen molar-refractivity contribution in [3.63, 3.8) is 0 Å². The molecule has 26 heavy (non-hydrogen) atoms. The van der Waals surface area contributed by atoms with Crippen LogP contribution in [0.3, 0.4) is 0 Å². The molecule has 1 heterocycles. The molecular formula is C21H24BrNO3. The number of piperidine rings is 1. The highest BCUT2D eigenvalue weighted by Crippen LogP contribution is 2.26. The van der Waals surface area contributed by atoms with Crippen LogP contribution in [0, 0.1) is 0 Å². The minimum atomic E-state index is 0.141. The van der Waals surface area contributed by atoms with Crippen LogP contribution in [0.1, 0.15) is 24.0 Å². The molecule has 0 N–H and O–H groups in total. The van der Waals surface area contributed by atoms with E-state index >= 15 is 0 Å². The molecule has 5 heteroatoms. The molecule has 0 bridgehead atoms. The van der Waals surface area contributed by atoms with Gasteiger partial charge in [0.25, 0.3) is 0 Å². The Morgan fingerprint density at radius 2 is 1.88 bits per heavy atom. The summed E-state index contributed by atoms with van der Waals surface area (Å²) in [6.45, 7) is 2.00. The molecule has 4 nitrogen and oxygen atoms in total. The first kappa shape index (κ1) is 18.9.